The summed E-state index contributed by atoms with van der Waals surface area (Å²) in [5.74, 6) is 1.55. The Balaban J connectivity index is 1.35. The lowest BCUT2D eigenvalue weighted by Crippen LogP contribution is -2.33. The average Bonchev–Trinajstić information content (AvgIpc) is 3.06. The topological polar surface area (TPSA) is 105 Å². The zero-order chi connectivity index (χ0) is 32.6. The lowest BCUT2D eigenvalue weighted by molar-refractivity contribution is 0.0952. The number of carbonyl (C=O) groups is 1. The number of hydrogen-bond donors (Lipinski definition) is 1. The van der Waals surface area contributed by atoms with E-state index in [1.54, 1.807) is 39.3 Å². The summed E-state index contributed by atoms with van der Waals surface area (Å²) < 4.78 is 17.1. The molecule has 8 heteroatoms. The second-order valence-corrected chi connectivity index (χ2v) is 11.8. The molecule has 0 aliphatic rings. The van der Waals surface area contributed by atoms with Crippen LogP contribution in [0, 0.1) is 24.2 Å². The molecule has 1 aromatic heterocycles. The Labute approximate surface area is 265 Å². The SMILES string of the molecule is COc1ccc(C(C#N)(CCCN(C)CCCNC(=O)c2cccc3c(=O)c(C)c(-c4ccccc4)oc23)C(C)C)cc1OC. The molecule has 8 nitrogen and oxygen atoms in total. The minimum atomic E-state index is -0.652. The third kappa shape index (κ3) is 7.21. The maximum absolute atomic E-state index is 13.2. The van der Waals surface area contributed by atoms with E-state index in [9.17, 15) is 14.9 Å². The molecule has 0 radical (unpaired) electrons. The molecule has 0 bridgehead atoms. The second-order valence-electron chi connectivity index (χ2n) is 11.8. The normalized spacial score (nSPS) is 12.6. The van der Waals surface area contributed by atoms with E-state index in [1.807, 2.05) is 48.5 Å². The number of benzene rings is 3. The number of nitriles is 1. The highest BCUT2D eigenvalue weighted by atomic mass is 16.5. The van der Waals surface area contributed by atoms with Crippen LogP contribution in [0.3, 0.4) is 0 Å². The number of hydrogen-bond acceptors (Lipinski definition) is 7. The molecule has 1 unspecified atom stereocenters. The van der Waals surface area contributed by atoms with Gasteiger partial charge in [-0.1, -0.05) is 56.3 Å². The summed E-state index contributed by atoms with van der Waals surface area (Å²) >= 11 is 0. The van der Waals surface area contributed by atoms with E-state index in [4.69, 9.17) is 13.9 Å². The van der Waals surface area contributed by atoms with Gasteiger partial charge in [0.15, 0.2) is 22.5 Å². The molecule has 0 aliphatic heterocycles. The zero-order valence-electron chi connectivity index (χ0n) is 27.1. The summed E-state index contributed by atoms with van der Waals surface area (Å²) in [5.41, 5.74) is 2.07. The Bertz CT molecular complexity index is 1720. The van der Waals surface area contributed by atoms with Gasteiger partial charge in [-0.3, -0.25) is 9.59 Å². The molecule has 1 amide bonds. The monoisotopic (exact) mass is 609 g/mol. The van der Waals surface area contributed by atoms with Crippen molar-refractivity contribution < 1.29 is 18.7 Å². The molecule has 0 aliphatic carbocycles. The summed E-state index contributed by atoms with van der Waals surface area (Å²) in [7, 11) is 5.25. The van der Waals surface area contributed by atoms with Gasteiger partial charge in [-0.2, -0.15) is 5.26 Å². The van der Waals surface area contributed by atoms with Gasteiger partial charge in [-0.25, -0.2) is 0 Å². The minimum absolute atomic E-state index is 0.104. The smallest absolute Gasteiger partial charge is 0.255 e. The third-order valence-corrected chi connectivity index (χ3v) is 8.62. The van der Waals surface area contributed by atoms with Crippen LogP contribution in [-0.2, 0) is 5.41 Å². The predicted molar refractivity (Wildman–Crippen MR) is 178 cm³/mol. The molecule has 4 aromatic rings. The zero-order valence-corrected chi connectivity index (χ0v) is 27.1. The maximum Gasteiger partial charge on any atom is 0.255 e. The summed E-state index contributed by atoms with van der Waals surface area (Å²) in [5, 5.41) is 13.7. The van der Waals surface area contributed by atoms with E-state index < -0.39 is 5.41 Å². The molecular weight excluding hydrogens is 566 g/mol. The molecule has 0 fully saturated rings. The molecule has 1 heterocycles. The van der Waals surface area contributed by atoms with Crippen LogP contribution in [0.2, 0.25) is 0 Å². The van der Waals surface area contributed by atoms with Crippen LogP contribution in [0.4, 0.5) is 0 Å². The first-order chi connectivity index (χ1) is 21.7. The molecule has 45 heavy (non-hydrogen) atoms. The van der Waals surface area contributed by atoms with Gasteiger partial charge in [-0.05, 0) is 82.1 Å². The van der Waals surface area contributed by atoms with E-state index in [2.05, 4.69) is 37.2 Å². The number of nitrogens with one attached hydrogen (secondary N) is 1. The van der Waals surface area contributed by atoms with Crippen molar-refractivity contribution in [2.75, 3.05) is 40.9 Å². The molecular formula is C37H43N3O5. The van der Waals surface area contributed by atoms with E-state index in [-0.39, 0.29) is 17.3 Å². The Morgan fingerprint density at radius 2 is 1.71 bits per heavy atom. The van der Waals surface area contributed by atoms with Crippen molar-refractivity contribution in [3.8, 4) is 28.9 Å². The van der Waals surface area contributed by atoms with E-state index in [1.165, 1.54) is 0 Å². The van der Waals surface area contributed by atoms with Crippen molar-refractivity contribution in [3.05, 3.63) is 93.6 Å². The number of amides is 1. The van der Waals surface area contributed by atoms with Crippen LogP contribution in [0.1, 0.15) is 54.6 Å². The number of nitrogens with zero attached hydrogens (tertiary/aromatic N) is 2. The summed E-state index contributed by atoms with van der Waals surface area (Å²) in [6.45, 7) is 7.97. The van der Waals surface area contributed by atoms with E-state index >= 15 is 0 Å². The number of methoxy groups -OCH3 is 2. The molecule has 3 aromatic carbocycles. The van der Waals surface area contributed by atoms with Gasteiger partial charge in [0, 0.05) is 17.7 Å². The second kappa shape index (κ2) is 14.9. The Morgan fingerprint density at radius 1 is 1.00 bits per heavy atom. The number of carbonyl (C=O) groups excluding carboxylic acids is 1. The van der Waals surface area contributed by atoms with Gasteiger partial charge in [0.25, 0.3) is 5.91 Å². The molecule has 1 N–H and O–H groups in total. The van der Waals surface area contributed by atoms with E-state index in [0.717, 1.165) is 37.1 Å². The Morgan fingerprint density at radius 3 is 2.38 bits per heavy atom. The quantitative estimate of drug-likeness (QED) is 0.158. The van der Waals surface area contributed by atoms with Crippen molar-refractivity contribution >= 4 is 16.9 Å². The first kappa shape index (κ1) is 33.3. The lowest BCUT2D eigenvalue weighted by atomic mass is 9.69. The van der Waals surface area contributed by atoms with Gasteiger partial charge in [0.2, 0.25) is 0 Å². The highest BCUT2D eigenvalue weighted by Gasteiger charge is 2.36. The molecule has 0 saturated heterocycles. The molecule has 0 spiro atoms. The standard InChI is InChI=1S/C37H43N3O5/c1-25(2)37(24-38,28-17-18-31(43-5)32(23-28)44-6)19-11-21-40(4)22-12-20-39-36(42)30-16-10-15-29-33(41)26(3)34(45-35(29)30)27-13-8-7-9-14-27/h7-10,13-18,23,25H,11-12,19-22H2,1-6H3,(H,39,42). The van der Waals surface area contributed by atoms with Crippen molar-refractivity contribution in [2.45, 2.75) is 45.4 Å². The van der Waals surface area contributed by atoms with Crippen molar-refractivity contribution in [1.82, 2.24) is 10.2 Å². The minimum Gasteiger partial charge on any atom is -0.493 e. The fourth-order valence-electron chi connectivity index (χ4n) is 5.87. The van der Waals surface area contributed by atoms with Crippen molar-refractivity contribution in [3.63, 3.8) is 0 Å². The molecule has 0 saturated carbocycles. The van der Waals surface area contributed by atoms with Crippen molar-refractivity contribution in [1.29, 1.82) is 5.26 Å². The highest BCUT2D eigenvalue weighted by Crippen LogP contribution is 2.40. The van der Waals surface area contributed by atoms with Gasteiger partial charge in [-0.15, -0.1) is 0 Å². The number of ether oxygens (including phenoxy) is 2. The van der Waals surface area contributed by atoms with Crippen LogP contribution in [0.5, 0.6) is 11.5 Å². The third-order valence-electron chi connectivity index (χ3n) is 8.62. The number of para-hydroxylation sites is 1. The van der Waals surface area contributed by atoms with Gasteiger partial charge in [0.05, 0.1) is 36.7 Å². The van der Waals surface area contributed by atoms with Crippen molar-refractivity contribution in [2.24, 2.45) is 5.92 Å². The van der Waals surface area contributed by atoms with Crippen LogP contribution >= 0.6 is 0 Å². The van der Waals surface area contributed by atoms with Crippen LogP contribution in [0.15, 0.2) is 75.9 Å². The molecule has 4 rings (SSSR count). The van der Waals surface area contributed by atoms with Crippen LogP contribution < -0.4 is 20.2 Å². The summed E-state index contributed by atoms with van der Waals surface area (Å²) in [6.07, 6.45) is 2.28. The first-order valence-electron chi connectivity index (χ1n) is 15.4. The summed E-state index contributed by atoms with van der Waals surface area (Å²) in [4.78, 5) is 28.6. The fourth-order valence-corrected chi connectivity index (χ4v) is 5.87. The van der Waals surface area contributed by atoms with E-state index in [0.29, 0.717) is 52.3 Å². The maximum atomic E-state index is 13.2. The fraction of sp³-hybridized carbons (Fsp3) is 0.378. The highest BCUT2D eigenvalue weighted by molar-refractivity contribution is 6.05. The van der Waals surface area contributed by atoms with Crippen LogP contribution in [0.25, 0.3) is 22.3 Å². The number of rotatable bonds is 14. The summed E-state index contributed by atoms with van der Waals surface area (Å²) in [6, 6.07) is 22.9. The largest absolute Gasteiger partial charge is 0.493 e. The first-order valence-corrected chi connectivity index (χ1v) is 15.4. The van der Waals surface area contributed by atoms with Gasteiger partial charge < -0.3 is 24.1 Å². The lowest BCUT2D eigenvalue weighted by Gasteiger charge is -2.32. The molecule has 1 atom stereocenters. The molecule has 236 valence electrons. The van der Waals surface area contributed by atoms with Gasteiger partial charge >= 0.3 is 0 Å². The Kier molecular flexibility index (Phi) is 11.0. The average molecular weight is 610 g/mol. The van der Waals surface area contributed by atoms with Gasteiger partial charge in [0.1, 0.15) is 5.76 Å². The number of fused-ring (bicyclic) bond motifs is 1. The predicted octanol–water partition coefficient (Wildman–Crippen LogP) is 6.74. The Hall–Kier alpha value is -4.61. The van der Waals surface area contributed by atoms with Crippen LogP contribution in [-0.4, -0.2) is 51.7 Å².